The first-order chi connectivity index (χ1) is 7.59. The first-order valence-corrected chi connectivity index (χ1v) is 6.65. The third-order valence-electron chi connectivity index (χ3n) is 2.15. The van der Waals surface area contributed by atoms with Crippen LogP contribution in [0.5, 0.6) is 0 Å². The van der Waals surface area contributed by atoms with Crippen molar-refractivity contribution in [3.05, 3.63) is 12.2 Å². The van der Waals surface area contributed by atoms with E-state index in [2.05, 4.69) is 6.58 Å². The monoisotopic (exact) mass is 260 g/mol. The van der Waals surface area contributed by atoms with Crippen molar-refractivity contribution < 1.29 is 14.3 Å². The van der Waals surface area contributed by atoms with Crippen LogP contribution in [0.15, 0.2) is 12.2 Å². The number of hydrogen-bond donors (Lipinski definition) is 0. The van der Waals surface area contributed by atoms with Crippen LogP contribution in [0.25, 0.3) is 0 Å². The maximum absolute atomic E-state index is 11.0. The molecular formula is C11H16O3S2. The van der Waals surface area contributed by atoms with Crippen LogP contribution in [0.2, 0.25) is 0 Å². The molecule has 1 saturated heterocycles. The molecule has 0 saturated carbocycles. The molecule has 0 bridgehead atoms. The Morgan fingerprint density at radius 2 is 2.44 bits per heavy atom. The summed E-state index contributed by atoms with van der Waals surface area (Å²) in [6.07, 6.45) is 3.06. The van der Waals surface area contributed by atoms with Gasteiger partial charge < -0.3 is 9.47 Å². The highest BCUT2D eigenvalue weighted by atomic mass is 32.2. The van der Waals surface area contributed by atoms with Crippen LogP contribution in [0.3, 0.4) is 0 Å². The molecule has 0 radical (unpaired) electrons. The molecule has 0 aliphatic carbocycles. The van der Waals surface area contributed by atoms with E-state index in [0.717, 1.165) is 25.0 Å². The Kier molecular flexibility index (Phi) is 5.84. The van der Waals surface area contributed by atoms with Crippen LogP contribution < -0.4 is 0 Å². The molecule has 0 spiro atoms. The van der Waals surface area contributed by atoms with Crippen molar-refractivity contribution in [2.75, 3.05) is 12.4 Å². The van der Waals surface area contributed by atoms with E-state index in [4.69, 9.17) is 21.7 Å². The molecule has 0 amide bonds. The fourth-order valence-corrected chi connectivity index (χ4v) is 2.37. The van der Waals surface area contributed by atoms with Crippen LogP contribution in [-0.4, -0.2) is 28.8 Å². The average molecular weight is 260 g/mol. The molecule has 1 aliphatic heterocycles. The van der Waals surface area contributed by atoms with E-state index in [0.29, 0.717) is 16.6 Å². The molecule has 1 heterocycles. The number of rotatable bonds is 6. The van der Waals surface area contributed by atoms with E-state index in [-0.39, 0.29) is 12.1 Å². The fraction of sp³-hybridized carbons (Fsp3) is 0.636. The summed E-state index contributed by atoms with van der Waals surface area (Å²) < 4.78 is 11.0. The predicted molar refractivity (Wildman–Crippen MR) is 69.6 cm³/mol. The largest absolute Gasteiger partial charge is 0.474 e. The second-order valence-corrected chi connectivity index (χ2v) is 5.33. The lowest BCUT2D eigenvalue weighted by Gasteiger charge is -2.08. The van der Waals surface area contributed by atoms with Crippen LogP contribution in [0, 0.1) is 0 Å². The summed E-state index contributed by atoms with van der Waals surface area (Å²) in [6.45, 7) is 5.61. The Bertz CT molecular complexity index is 289. The molecule has 0 N–H and O–H groups in total. The summed E-state index contributed by atoms with van der Waals surface area (Å²) in [7, 11) is 0. The third-order valence-corrected chi connectivity index (χ3v) is 3.47. The van der Waals surface area contributed by atoms with E-state index in [1.165, 1.54) is 0 Å². The molecule has 1 atom stereocenters. The Morgan fingerprint density at radius 3 is 3.00 bits per heavy atom. The van der Waals surface area contributed by atoms with Crippen LogP contribution in [-0.2, 0) is 14.3 Å². The van der Waals surface area contributed by atoms with Crippen molar-refractivity contribution in [3.63, 3.8) is 0 Å². The standard InChI is InChI=1S/C11H16O3S2/c1-8(2)10(12)13-6-4-3-5-9-7-16-11(15)14-9/h9H,1,3-7H2,2H3. The smallest absolute Gasteiger partial charge is 0.333 e. The molecule has 3 nitrogen and oxygen atoms in total. The lowest BCUT2D eigenvalue weighted by molar-refractivity contribution is -0.139. The van der Waals surface area contributed by atoms with E-state index in [1.807, 2.05) is 0 Å². The molecule has 16 heavy (non-hydrogen) atoms. The van der Waals surface area contributed by atoms with Gasteiger partial charge in [-0.15, -0.1) is 0 Å². The van der Waals surface area contributed by atoms with Crippen molar-refractivity contribution >= 4 is 34.3 Å². The number of esters is 1. The highest BCUT2D eigenvalue weighted by molar-refractivity contribution is 8.22. The number of carbonyl (C=O) groups is 1. The SMILES string of the molecule is C=C(C)C(=O)OCCCCC1CSC(=S)O1. The molecule has 0 aromatic carbocycles. The lowest BCUT2D eigenvalue weighted by Crippen LogP contribution is -2.10. The van der Waals surface area contributed by atoms with Crippen molar-refractivity contribution in [1.29, 1.82) is 0 Å². The zero-order valence-electron chi connectivity index (χ0n) is 9.36. The minimum absolute atomic E-state index is 0.245. The predicted octanol–water partition coefficient (Wildman–Crippen LogP) is 2.69. The molecule has 0 aromatic heterocycles. The topological polar surface area (TPSA) is 35.5 Å². The van der Waals surface area contributed by atoms with Crippen LogP contribution in [0.4, 0.5) is 0 Å². The van der Waals surface area contributed by atoms with Gasteiger partial charge in [-0.25, -0.2) is 4.79 Å². The fourth-order valence-electron chi connectivity index (χ4n) is 1.27. The highest BCUT2D eigenvalue weighted by Gasteiger charge is 2.20. The Morgan fingerprint density at radius 1 is 1.69 bits per heavy atom. The second-order valence-electron chi connectivity index (χ2n) is 3.71. The van der Waals surface area contributed by atoms with E-state index in [1.54, 1.807) is 18.7 Å². The maximum atomic E-state index is 11.0. The quantitative estimate of drug-likeness (QED) is 0.317. The van der Waals surface area contributed by atoms with Gasteiger partial charge in [0.2, 0.25) is 4.38 Å². The summed E-state index contributed by atoms with van der Waals surface area (Å²) >= 11 is 6.51. The Hall–Kier alpha value is -0.550. The van der Waals surface area contributed by atoms with Gasteiger partial charge in [0.25, 0.3) is 0 Å². The summed E-state index contributed by atoms with van der Waals surface area (Å²) in [5, 5.41) is 0. The third kappa shape index (κ3) is 4.99. The van der Waals surface area contributed by atoms with Crippen LogP contribution in [0.1, 0.15) is 26.2 Å². The van der Waals surface area contributed by atoms with E-state index in [9.17, 15) is 4.79 Å². The average Bonchev–Trinajstić information content (AvgIpc) is 2.63. The van der Waals surface area contributed by atoms with Gasteiger partial charge in [0.15, 0.2) is 0 Å². The molecule has 0 aromatic rings. The molecule has 1 rings (SSSR count). The second kappa shape index (κ2) is 6.91. The molecule has 5 heteroatoms. The minimum atomic E-state index is -0.311. The van der Waals surface area contributed by atoms with Gasteiger partial charge in [-0.05, 0) is 38.4 Å². The first-order valence-electron chi connectivity index (χ1n) is 5.25. The van der Waals surface area contributed by atoms with Crippen LogP contribution >= 0.6 is 24.0 Å². The molecular weight excluding hydrogens is 244 g/mol. The number of unbranched alkanes of at least 4 members (excludes halogenated alkanes) is 1. The van der Waals surface area contributed by atoms with Gasteiger partial charge in [0.1, 0.15) is 6.10 Å². The molecule has 1 fully saturated rings. The van der Waals surface area contributed by atoms with Gasteiger partial charge in [-0.1, -0.05) is 18.3 Å². The zero-order chi connectivity index (χ0) is 12.0. The van der Waals surface area contributed by atoms with Crippen molar-refractivity contribution in [3.8, 4) is 0 Å². The minimum Gasteiger partial charge on any atom is -0.474 e. The number of hydrogen-bond acceptors (Lipinski definition) is 5. The Balaban J connectivity index is 1.98. The zero-order valence-corrected chi connectivity index (χ0v) is 11.0. The van der Waals surface area contributed by atoms with Gasteiger partial charge in [-0.2, -0.15) is 0 Å². The molecule has 1 unspecified atom stereocenters. The summed E-state index contributed by atoms with van der Waals surface area (Å²) in [5.41, 5.74) is 0.445. The van der Waals surface area contributed by atoms with Crippen molar-refractivity contribution in [2.24, 2.45) is 0 Å². The van der Waals surface area contributed by atoms with E-state index < -0.39 is 0 Å². The number of carbonyl (C=O) groups excluding carboxylic acids is 1. The Labute approximate surface area is 106 Å². The maximum Gasteiger partial charge on any atom is 0.333 e. The van der Waals surface area contributed by atoms with Crippen molar-refractivity contribution in [2.45, 2.75) is 32.3 Å². The summed E-state index contributed by atoms with van der Waals surface area (Å²) in [5.74, 6) is 0.638. The molecule has 90 valence electrons. The number of thiocarbonyl (C=S) groups is 1. The summed E-state index contributed by atoms with van der Waals surface area (Å²) in [4.78, 5) is 11.0. The number of thioether (sulfide) groups is 1. The first kappa shape index (κ1) is 13.5. The van der Waals surface area contributed by atoms with E-state index >= 15 is 0 Å². The lowest BCUT2D eigenvalue weighted by atomic mass is 10.2. The van der Waals surface area contributed by atoms with Gasteiger partial charge in [0, 0.05) is 11.3 Å². The summed E-state index contributed by atoms with van der Waals surface area (Å²) in [6, 6.07) is 0. The number of ether oxygens (including phenoxy) is 2. The highest BCUT2D eigenvalue weighted by Crippen LogP contribution is 2.23. The van der Waals surface area contributed by atoms with Gasteiger partial charge >= 0.3 is 5.97 Å². The van der Waals surface area contributed by atoms with Crippen molar-refractivity contribution in [1.82, 2.24) is 0 Å². The normalized spacial score (nSPS) is 19.3. The van der Waals surface area contributed by atoms with Gasteiger partial charge in [-0.3, -0.25) is 0 Å². The van der Waals surface area contributed by atoms with Gasteiger partial charge in [0.05, 0.1) is 6.61 Å². The molecule has 1 aliphatic rings.